The van der Waals surface area contributed by atoms with E-state index in [1.807, 2.05) is 13.0 Å². The summed E-state index contributed by atoms with van der Waals surface area (Å²) in [5, 5.41) is 16.1. The molecule has 0 heterocycles. The van der Waals surface area contributed by atoms with E-state index in [4.69, 9.17) is 4.74 Å². The van der Waals surface area contributed by atoms with Gasteiger partial charge in [0.05, 0.1) is 13.7 Å². The first kappa shape index (κ1) is 15.1. The van der Waals surface area contributed by atoms with E-state index in [1.165, 1.54) is 7.11 Å². The predicted molar refractivity (Wildman–Crippen MR) is 77.8 cm³/mol. The van der Waals surface area contributed by atoms with Gasteiger partial charge >= 0.3 is 0 Å². The van der Waals surface area contributed by atoms with E-state index in [2.05, 4.69) is 22.5 Å². The number of hydrogen-bond donors (Lipinski definition) is 3. The Kier molecular flexibility index (Phi) is 6.57. The van der Waals surface area contributed by atoms with Crippen molar-refractivity contribution in [2.45, 2.75) is 26.8 Å². The van der Waals surface area contributed by atoms with Crippen molar-refractivity contribution in [2.24, 2.45) is 4.99 Å². The zero-order valence-corrected chi connectivity index (χ0v) is 11.9. The molecule has 0 radical (unpaired) electrons. The first-order valence-electron chi connectivity index (χ1n) is 6.59. The van der Waals surface area contributed by atoms with Crippen LogP contribution in [0.4, 0.5) is 0 Å². The highest BCUT2D eigenvalue weighted by Crippen LogP contribution is 2.26. The van der Waals surface area contributed by atoms with Crippen LogP contribution in [0.2, 0.25) is 0 Å². The Balaban J connectivity index is 2.68. The van der Waals surface area contributed by atoms with Crippen LogP contribution in [-0.2, 0) is 6.54 Å². The summed E-state index contributed by atoms with van der Waals surface area (Å²) in [5.74, 6) is 1.41. The molecule has 106 valence electrons. The third-order valence-electron chi connectivity index (χ3n) is 2.55. The van der Waals surface area contributed by atoms with Gasteiger partial charge in [-0.2, -0.15) is 0 Å². The quantitative estimate of drug-likeness (QED) is 0.542. The Morgan fingerprint density at radius 3 is 2.68 bits per heavy atom. The van der Waals surface area contributed by atoms with Crippen LogP contribution in [0, 0.1) is 0 Å². The molecule has 0 aliphatic rings. The average molecular weight is 265 g/mol. The van der Waals surface area contributed by atoms with E-state index < -0.39 is 0 Å². The first-order valence-corrected chi connectivity index (χ1v) is 6.59. The minimum Gasteiger partial charge on any atom is -0.504 e. The van der Waals surface area contributed by atoms with Gasteiger partial charge < -0.3 is 20.5 Å². The number of nitrogens with zero attached hydrogens (tertiary/aromatic N) is 1. The van der Waals surface area contributed by atoms with Crippen molar-refractivity contribution in [3.8, 4) is 11.5 Å². The van der Waals surface area contributed by atoms with Gasteiger partial charge in [-0.05, 0) is 31.0 Å². The largest absolute Gasteiger partial charge is 0.504 e. The second-order valence-corrected chi connectivity index (χ2v) is 4.13. The number of nitrogens with one attached hydrogen (secondary N) is 2. The summed E-state index contributed by atoms with van der Waals surface area (Å²) in [6, 6.07) is 5.31. The molecule has 0 fully saturated rings. The topological polar surface area (TPSA) is 65.9 Å². The van der Waals surface area contributed by atoms with Gasteiger partial charge in [0, 0.05) is 13.1 Å². The monoisotopic (exact) mass is 265 g/mol. The second kappa shape index (κ2) is 8.24. The highest BCUT2D eigenvalue weighted by molar-refractivity contribution is 5.79. The van der Waals surface area contributed by atoms with Gasteiger partial charge in [0.1, 0.15) is 0 Å². The van der Waals surface area contributed by atoms with Crippen molar-refractivity contribution in [3.05, 3.63) is 23.8 Å². The Bertz CT molecular complexity index is 419. The summed E-state index contributed by atoms with van der Waals surface area (Å²) in [6.45, 7) is 6.36. The second-order valence-electron chi connectivity index (χ2n) is 4.13. The molecule has 0 bridgehead atoms. The van der Waals surface area contributed by atoms with Crippen LogP contribution in [0.15, 0.2) is 23.2 Å². The van der Waals surface area contributed by atoms with Crippen molar-refractivity contribution in [1.82, 2.24) is 10.6 Å². The number of aromatic hydroxyl groups is 1. The lowest BCUT2D eigenvalue weighted by atomic mass is 10.2. The molecule has 3 N–H and O–H groups in total. The number of phenolic OH excluding ortho intramolecular Hbond substituents is 1. The van der Waals surface area contributed by atoms with E-state index >= 15 is 0 Å². The van der Waals surface area contributed by atoms with Gasteiger partial charge in [-0.3, -0.25) is 0 Å². The summed E-state index contributed by atoms with van der Waals surface area (Å²) < 4.78 is 5.01. The van der Waals surface area contributed by atoms with Gasteiger partial charge in [-0.1, -0.05) is 13.0 Å². The molecule has 1 rings (SSSR count). The molecule has 0 aliphatic carbocycles. The summed E-state index contributed by atoms with van der Waals surface area (Å²) in [5.41, 5.74) is 0.937. The van der Waals surface area contributed by atoms with Gasteiger partial charge in [0.15, 0.2) is 17.5 Å². The van der Waals surface area contributed by atoms with Crippen molar-refractivity contribution in [1.29, 1.82) is 0 Å². The number of aliphatic imine (C=N–C) groups is 1. The van der Waals surface area contributed by atoms with Gasteiger partial charge in [-0.25, -0.2) is 4.99 Å². The van der Waals surface area contributed by atoms with Crippen LogP contribution in [0.25, 0.3) is 0 Å². The fourth-order valence-corrected chi connectivity index (χ4v) is 1.59. The highest BCUT2D eigenvalue weighted by atomic mass is 16.5. The molecule has 0 saturated heterocycles. The van der Waals surface area contributed by atoms with Crippen LogP contribution < -0.4 is 15.4 Å². The van der Waals surface area contributed by atoms with Crippen LogP contribution in [0.5, 0.6) is 11.5 Å². The van der Waals surface area contributed by atoms with E-state index in [-0.39, 0.29) is 5.75 Å². The Morgan fingerprint density at radius 2 is 2.11 bits per heavy atom. The lowest BCUT2D eigenvalue weighted by molar-refractivity contribution is 0.373. The molecule has 19 heavy (non-hydrogen) atoms. The standard InChI is InChI=1S/C14H23N3O2/c1-4-8-16-14(15-5-2)17-10-11-6-7-13(19-3)12(18)9-11/h6-7,9,18H,4-5,8,10H2,1-3H3,(H2,15,16,17). The molecule has 0 saturated carbocycles. The molecular weight excluding hydrogens is 242 g/mol. The Hall–Kier alpha value is -1.91. The highest BCUT2D eigenvalue weighted by Gasteiger charge is 2.02. The number of rotatable bonds is 6. The Labute approximate surface area is 114 Å². The van der Waals surface area contributed by atoms with Crippen LogP contribution in [0.1, 0.15) is 25.8 Å². The van der Waals surface area contributed by atoms with Crippen molar-refractivity contribution >= 4 is 5.96 Å². The zero-order chi connectivity index (χ0) is 14.1. The van der Waals surface area contributed by atoms with E-state index in [9.17, 15) is 5.11 Å². The molecule has 0 spiro atoms. The lowest BCUT2D eigenvalue weighted by Gasteiger charge is -2.10. The predicted octanol–water partition coefficient (Wildman–Crippen LogP) is 1.87. The minimum absolute atomic E-state index is 0.140. The minimum atomic E-state index is 0.140. The zero-order valence-electron chi connectivity index (χ0n) is 11.9. The van der Waals surface area contributed by atoms with E-state index in [0.717, 1.165) is 31.0 Å². The fourth-order valence-electron chi connectivity index (χ4n) is 1.59. The molecule has 5 heteroatoms. The maximum absolute atomic E-state index is 9.70. The molecule has 0 atom stereocenters. The summed E-state index contributed by atoms with van der Waals surface area (Å²) in [6.07, 6.45) is 1.05. The van der Waals surface area contributed by atoms with Crippen LogP contribution in [-0.4, -0.2) is 31.3 Å². The smallest absolute Gasteiger partial charge is 0.191 e. The molecule has 0 aliphatic heterocycles. The number of guanidine groups is 1. The summed E-state index contributed by atoms with van der Waals surface area (Å²) in [7, 11) is 1.53. The van der Waals surface area contributed by atoms with Crippen molar-refractivity contribution in [3.63, 3.8) is 0 Å². The number of methoxy groups -OCH3 is 1. The fraction of sp³-hybridized carbons (Fsp3) is 0.500. The van der Waals surface area contributed by atoms with Gasteiger partial charge in [-0.15, -0.1) is 0 Å². The molecule has 1 aromatic carbocycles. The molecule has 1 aromatic rings. The number of ether oxygens (including phenoxy) is 1. The molecule has 5 nitrogen and oxygen atoms in total. The van der Waals surface area contributed by atoms with E-state index in [1.54, 1.807) is 12.1 Å². The number of benzene rings is 1. The van der Waals surface area contributed by atoms with Gasteiger partial charge in [0.25, 0.3) is 0 Å². The van der Waals surface area contributed by atoms with Crippen molar-refractivity contribution in [2.75, 3.05) is 20.2 Å². The number of hydrogen-bond acceptors (Lipinski definition) is 3. The average Bonchev–Trinajstić information content (AvgIpc) is 2.42. The van der Waals surface area contributed by atoms with Crippen LogP contribution >= 0.6 is 0 Å². The molecule has 0 aromatic heterocycles. The van der Waals surface area contributed by atoms with Crippen LogP contribution in [0.3, 0.4) is 0 Å². The summed E-state index contributed by atoms with van der Waals surface area (Å²) in [4.78, 5) is 4.46. The lowest BCUT2D eigenvalue weighted by Crippen LogP contribution is -2.37. The van der Waals surface area contributed by atoms with E-state index in [0.29, 0.717) is 12.3 Å². The third kappa shape index (κ3) is 5.07. The maximum atomic E-state index is 9.70. The SMILES string of the molecule is CCCNC(=NCc1ccc(OC)c(O)c1)NCC. The van der Waals surface area contributed by atoms with Crippen molar-refractivity contribution < 1.29 is 9.84 Å². The normalized spacial score (nSPS) is 11.2. The van der Waals surface area contributed by atoms with Gasteiger partial charge in [0.2, 0.25) is 0 Å². The molecular formula is C14H23N3O2. The number of phenols is 1. The maximum Gasteiger partial charge on any atom is 0.191 e. The first-order chi connectivity index (χ1) is 9.21. The summed E-state index contributed by atoms with van der Waals surface area (Å²) >= 11 is 0. The molecule has 0 unspecified atom stereocenters. The Morgan fingerprint density at radius 1 is 1.32 bits per heavy atom. The molecule has 0 amide bonds. The third-order valence-corrected chi connectivity index (χ3v) is 2.55.